The second-order valence-corrected chi connectivity index (χ2v) is 7.42. The second-order valence-electron chi connectivity index (χ2n) is 7.42. The third-order valence-electron chi connectivity index (χ3n) is 4.58. The van der Waals surface area contributed by atoms with E-state index in [-0.39, 0.29) is 12.0 Å². The standard InChI is InChI=1S/C24H31NO3/c1-18(2)16-22(24(27)28-3)25-21(15-14-19-10-6-4-7-11-19)23(26)17-20-12-8-5-9-13-20/h4-15,18,21-23,25-26H,16-17H2,1-3H3/b15-14+/t21-,22-,23+/m1/s1. The number of nitrogens with one attached hydrogen (secondary N) is 1. The first-order valence-corrected chi connectivity index (χ1v) is 9.78. The van der Waals surface area contributed by atoms with E-state index in [9.17, 15) is 9.90 Å². The van der Waals surface area contributed by atoms with Crippen LogP contribution in [0.2, 0.25) is 0 Å². The summed E-state index contributed by atoms with van der Waals surface area (Å²) in [6, 6.07) is 18.9. The van der Waals surface area contributed by atoms with Gasteiger partial charge in [-0.1, -0.05) is 86.7 Å². The third-order valence-corrected chi connectivity index (χ3v) is 4.58. The van der Waals surface area contributed by atoms with Gasteiger partial charge in [0, 0.05) is 6.42 Å². The van der Waals surface area contributed by atoms with E-state index in [1.165, 1.54) is 7.11 Å². The van der Waals surface area contributed by atoms with E-state index in [1.54, 1.807) is 0 Å². The highest BCUT2D eigenvalue weighted by molar-refractivity contribution is 5.75. The molecule has 28 heavy (non-hydrogen) atoms. The van der Waals surface area contributed by atoms with Gasteiger partial charge in [0.25, 0.3) is 0 Å². The van der Waals surface area contributed by atoms with E-state index >= 15 is 0 Å². The Balaban J connectivity index is 2.20. The van der Waals surface area contributed by atoms with Gasteiger partial charge in [-0.25, -0.2) is 0 Å². The van der Waals surface area contributed by atoms with Gasteiger partial charge in [-0.05, 0) is 23.5 Å². The van der Waals surface area contributed by atoms with Gasteiger partial charge in [0.05, 0.1) is 19.3 Å². The van der Waals surface area contributed by atoms with Gasteiger partial charge in [0.1, 0.15) is 6.04 Å². The summed E-state index contributed by atoms with van der Waals surface area (Å²) in [5, 5.41) is 14.2. The molecule has 2 aromatic carbocycles. The Hall–Kier alpha value is -2.43. The van der Waals surface area contributed by atoms with E-state index in [4.69, 9.17) is 4.74 Å². The molecular weight excluding hydrogens is 350 g/mol. The summed E-state index contributed by atoms with van der Waals surface area (Å²) >= 11 is 0. The van der Waals surface area contributed by atoms with Crippen LogP contribution in [-0.2, 0) is 16.0 Å². The molecule has 0 spiro atoms. The molecule has 0 aliphatic heterocycles. The first-order valence-electron chi connectivity index (χ1n) is 9.78. The Morgan fingerprint density at radius 2 is 1.68 bits per heavy atom. The molecule has 0 aliphatic rings. The van der Waals surface area contributed by atoms with Gasteiger partial charge in [0.2, 0.25) is 0 Å². The van der Waals surface area contributed by atoms with Crippen LogP contribution in [0.4, 0.5) is 0 Å². The Bertz CT molecular complexity index is 728. The summed E-state index contributed by atoms with van der Waals surface area (Å²) in [7, 11) is 1.40. The zero-order valence-corrected chi connectivity index (χ0v) is 16.9. The van der Waals surface area contributed by atoms with Gasteiger partial charge >= 0.3 is 5.97 Å². The number of rotatable bonds is 10. The van der Waals surface area contributed by atoms with Crippen LogP contribution in [0.5, 0.6) is 0 Å². The van der Waals surface area contributed by atoms with Crippen molar-refractivity contribution in [3.63, 3.8) is 0 Å². The molecule has 0 fully saturated rings. The van der Waals surface area contributed by atoms with E-state index in [0.717, 1.165) is 11.1 Å². The molecule has 2 rings (SSSR count). The first kappa shape index (κ1) is 21.9. The molecule has 4 nitrogen and oxygen atoms in total. The lowest BCUT2D eigenvalue weighted by atomic mass is 9.98. The summed E-state index contributed by atoms with van der Waals surface area (Å²) in [6.07, 6.45) is 4.35. The molecule has 2 N–H and O–H groups in total. The molecule has 0 heterocycles. The van der Waals surface area contributed by atoms with Gasteiger partial charge in [-0.2, -0.15) is 0 Å². The van der Waals surface area contributed by atoms with Crippen molar-refractivity contribution in [2.24, 2.45) is 5.92 Å². The fourth-order valence-corrected chi connectivity index (χ4v) is 3.13. The van der Waals surface area contributed by atoms with E-state index in [0.29, 0.717) is 18.8 Å². The second kappa shape index (κ2) is 11.4. The van der Waals surface area contributed by atoms with Crippen molar-refractivity contribution in [2.75, 3.05) is 7.11 Å². The Morgan fingerprint density at radius 1 is 1.07 bits per heavy atom. The topological polar surface area (TPSA) is 58.6 Å². The minimum absolute atomic E-state index is 0.307. The van der Waals surface area contributed by atoms with Crippen LogP contribution in [0, 0.1) is 5.92 Å². The minimum atomic E-state index is -0.679. The number of benzene rings is 2. The molecule has 3 atom stereocenters. The fraction of sp³-hybridized carbons (Fsp3) is 0.375. The molecule has 0 bridgehead atoms. The summed E-state index contributed by atoms with van der Waals surface area (Å²) in [6.45, 7) is 4.12. The molecule has 0 amide bonds. The molecular formula is C24H31NO3. The highest BCUT2D eigenvalue weighted by Gasteiger charge is 2.26. The van der Waals surface area contributed by atoms with Crippen LogP contribution >= 0.6 is 0 Å². The van der Waals surface area contributed by atoms with Crippen LogP contribution in [0.3, 0.4) is 0 Å². The number of hydrogen-bond donors (Lipinski definition) is 2. The summed E-state index contributed by atoms with van der Waals surface area (Å²) in [5.74, 6) is 0.0142. The lowest BCUT2D eigenvalue weighted by Gasteiger charge is -2.27. The third kappa shape index (κ3) is 7.29. The van der Waals surface area contributed by atoms with E-state index < -0.39 is 12.1 Å². The number of carbonyl (C=O) groups excluding carboxylic acids is 1. The number of esters is 1. The summed E-state index contributed by atoms with van der Waals surface area (Å²) in [5.41, 5.74) is 2.09. The van der Waals surface area contributed by atoms with Crippen LogP contribution in [0.25, 0.3) is 6.08 Å². The number of aliphatic hydroxyl groups excluding tert-OH is 1. The highest BCUT2D eigenvalue weighted by Crippen LogP contribution is 2.13. The zero-order valence-electron chi connectivity index (χ0n) is 16.9. The van der Waals surface area contributed by atoms with Crippen LogP contribution in [-0.4, -0.2) is 36.4 Å². The maximum Gasteiger partial charge on any atom is 0.322 e. The van der Waals surface area contributed by atoms with Crippen LogP contribution < -0.4 is 5.32 Å². The SMILES string of the molecule is COC(=O)[C@@H](CC(C)C)N[C@H](/C=C/c1ccccc1)[C@@H](O)Cc1ccccc1. The van der Waals surface area contributed by atoms with Crippen molar-refractivity contribution in [3.8, 4) is 0 Å². The predicted octanol–water partition coefficient (Wildman–Crippen LogP) is 3.85. The minimum Gasteiger partial charge on any atom is -0.468 e. The molecule has 0 radical (unpaired) electrons. The average Bonchev–Trinajstić information content (AvgIpc) is 2.70. The summed E-state index contributed by atoms with van der Waals surface area (Å²) < 4.78 is 4.97. The summed E-state index contributed by atoms with van der Waals surface area (Å²) in [4.78, 5) is 12.2. The maximum absolute atomic E-state index is 12.2. The Morgan fingerprint density at radius 3 is 2.25 bits per heavy atom. The van der Waals surface area contributed by atoms with Crippen molar-refractivity contribution >= 4 is 12.0 Å². The number of carbonyl (C=O) groups is 1. The molecule has 0 saturated carbocycles. The number of ether oxygens (including phenoxy) is 1. The van der Waals surface area contributed by atoms with E-state index in [2.05, 4.69) is 19.2 Å². The normalized spacial score (nSPS) is 14.8. The smallest absolute Gasteiger partial charge is 0.322 e. The van der Waals surface area contributed by atoms with E-state index in [1.807, 2.05) is 72.8 Å². The van der Waals surface area contributed by atoms with Crippen LogP contribution in [0.1, 0.15) is 31.4 Å². The maximum atomic E-state index is 12.2. The van der Waals surface area contributed by atoms with Crippen molar-refractivity contribution < 1.29 is 14.6 Å². The van der Waals surface area contributed by atoms with Crippen molar-refractivity contribution in [2.45, 2.75) is 44.9 Å². The largest absolute Gasteiger partial charge is 0.468 e. The van der Waals surface area contributed by atoms with Crippen molar-refractivity contribution in [1.82, 2.24) is 5.32 Å². The molecule has 0 aromatic heterocycles. The highest BCUT2D eigenvalue weighted by atomic mass is 16.5. The van der Waals surface area contributed by atoms with Gasteiger partial charge in [-0.3, -0.25) is 10.1 Å². The average molecular weight is 382 g/mol. The molecule has 150 valence electrons. The number of methoxy groups -OCH3 is 1. The lowest BCUT2D eigenvalue weighted by Crippen LogP contribution is -2.49. The number of aliphatic hydroxyl groups is 1. The van der Waals surface area contributed by atoms with Gasteiger partial charge < -0.3 is 9.84 Å². The fourth-order valence-electron chi connectivity index (χ4n) is 3.13. The first-order chi connectivity index (χ1) is 13.5. The van der Waals surface area contributed by atoms with Crippen LogP contribution in [0.15, 0.2) is 66.7 Å². The quantitative estimate of drug-likeness (QED) is 0.614. The van der Waals surface area contributed by atoms with Gasteiger partial charge in [-0.15, -0.1) is 0 Å². The Labute approximate surface area is 168 Å². The Kier molecular flexibility index (Phi) is 8.92. The monoisotopic (exact) mass is 381 g/mol. The zero-order chi connectivity index (χ0) is 20.4. The number of hydrogen-bond acceptors (Lipinski definition) is 4. The molecule has 0 aliphatic carbocycles. The molecule has 0 saturated heterocycles. The van der Waals surface area contributed by atoms with Gasteiger partial charge in [0.15, 0.2) is 0 Å². The molecule has 0 unspecified atom stereocenters. The molecule has 4 heteroatoms. The lowest BCUT2D eigenvalue weighted by molar-refractivity contribution is -0.143. The van der Waals surface area contributed by atoms with Crippen molar-refractivity contribution in [3.05, 3.63) is 77.9 Å². The van der Waals surface area contributed by atoms with Crippen molar-refractivity contribution in [1.29, 1.82) is 0 Å². The molecule has 2 aromatic rings. The predicted molar refractivity (Wildman–Crippen MR) is 114 cm³/mol.